The number of hydrogen-bond donors (Lipinski definition) is 2. The number of benzene rings is 1. The maximum atomic E-state index is 11.8. The van der Waals surface area contributed by atoms with Crippen molar-refractivity contribution < 1.29 is 14.3 Å². The second kappa shape index (κ2) is 8.26. The van der Waals surface area contributed by atoms with Gasteiger partial charge in [-0.3, -0.25) is 9.59 Å². The molecule has 0 fully saturated rings. The standard InChI is InChI=1S/C15H23N3O3/c1-11(2)21-9-8-18(3)14(19)10-17-15(20)12-4-6-13(16)7-5-12/h4-7,11H,8-10,16H2,1-3H3,(H,17,20). The molecule has 0 spiro atoms. The Labute approximate surface area is 125 Å². The average molecular weight is 293 g/mol. The third-order valence-corrected chi connectivity index (χ3v) is 2.88. The molecule has 0 aliphatic carbocycles. The molecular formula is C15H23N3O3. The van der Waals surface area contributed by atoms with Crippen molar-refractivity contribution in [1.82, 2.24) is 10.2 Å². The highest BCUT2D eigenvalue weighted by Gasteiger charge is 2.11. The van der Waals surface area contributed by atoms with Gasteiger partial charge in [-0.1, -0.05) is 0 Å². The Balaban J connectivity index is 2.34. The quantitative estimate of drug-likeness (QED) is 0.731. The van der Waals surface area contributed by atoms with Crippen LogP contribution >= 0.6 is 0 Å². The van der Waals surface area contributed by atoms with Crippen molar-refractivity contribution in [2.45, 2.75) is 20.0 Å². The van der Waals surface area contributed by atoms with Crippen LogP contribution in [0.5, 0.6) is 0 Å². The molecule has 0 aliphatic rings. The van der Waals surface area contributed by atoms with Gasteiger partial charge in [0.25, 0.3) is 5.91 Å². The van der Waals surface area contributed by atoms with E-state index in [4.69, 9.17) is 10.5 Å². The molecule has 0 heterocycles. The number of hydrogen-bond acceptors (Lipinski definition) is 4. The Morgan fingerprint density at radius 3 is 2.48 bits per heavy atom. The van der Waals surface area contributed by atoms with Gasteiger partial charge in [0.1, 0.15) is 0 Å². The van der Waals surface area contributed by atoms with Crippen LogP contribution in [0.15, 0.2) is 24.3 Å². The molecule has 1 aromatic rings. The molecule has 0 bridgehead atoms. The van der Waals surface area contributed by atoms with Gasteiger partial charge in [0, 0.05) is 24.8 Å². The Bertz CT molecular complexity index is 472. The molecule has 0 radical (unpaired) electrons. The largest absolute Gasteiger partial charge is 0.399 e. The molecule has 0 atom stereocenters. The normalized spacial score (nSPS) is 10.5. The summed E-state index contributed by atoms with van der Waals surface area (Å²) >= 11 is 0. The zero-order chi connectivity index (χ0) is 15.8. The van der Waals surface area contributed by atoms with Gasteiger partial charge in [-0.25, -0.2) is 0 Å². The highest BCUT2D eigenvalue weighted by molar-refractivity contribution is 5.96. The summed E-state index contributed by atoms with van der Waals surface area (Å²) in [7, 11) is 1.68. The van der Waals surface area contributed by atoms with E-state index in [1.54, 1.807) is 31.3 Å². The number of amides is 2. The van der Waals surface area contributed by atoms with Crippen molar-refractivity contribution in [1.29, 1.82) is 0 Å². The first-order valence-electron chi connectivity index (χ1n) is 6.89. The molecule has 6 nitrogen and oxygen atoms in total. The number of likely N-dealkylation sites (N-methyl/N-ethyl adjacent to an activating group) is 1. The van der Waals surface area contributed by atoms with Gasteiger partial charge in [-0.15, -0.1) is 0 Å². The van der Waals surface area contributed by atoms with Crippen molar-refractivity contribution in [3.05, 3.63) is 29.8 Å². The Hall–Kier alpha value is -2.08. The Morgan fingerprint density at radius 1 is 1.29 bits per heavy atom. The van der Waals surface area contributed by atoms with Crippen molar-refractivity contribution in [3.8, 4) is 0 Å². The number of nitrogens with two attached hydrogens (primary N) is 1. The van der Waals surface area contributed by atoms with Gasteiger partial charge >= 0.3 is 0 Å². The lowest BCUT2D eigenvalue weighted by Gasteiger charge is -2.18. The number of nitrogen functional groups attached to an aromatic ring is 1. The van der Waals surface area contributed by atoms with E-state index in [1.165, 1.54) is 4.90 Å². The van der Waals surface area contributed by atoms with E-state index in [0.29, 0.717) is 24.4 Å². The van der Waals surface area contributed by atoms with Gasteiger partial charge < -0.3 is 20.7 Å². The summed E-state index contributed by atoms with van der Waals surface area (Å²) in [5, 5.41) is 2.59. The minimum Gasteiger partial charge on any atom is -0.399 e. The van der Waals surface area contributed by atoms with Gasteiger partial charge in [0.15, 0.2) is 0 Å². The molecule has 0 unspecified atom stereocenters. The molecule has 1 rings (SSSR count). The summed E-state index contributed by atoms with van der Waals surface area (Å²) in [6, 6.07) is 6.53. The predicted octanol–water partition coefficient (Wildman–Crippen LogP) is 0.882. The van der Waals surface area contributed by atoms with E-state index in [0.717, 1.165) is 0 Å². The van der Waals surface area contributed by atoms with Gasteiger partial charge in [-0.2, -0.15) is 0 Å². The van der Waals surface area contributed by atoms with Crippen LogP contribution in [0.4, 0.5) is 5.69 Å². The molecule has 0 saturated heterocycles. The van der Waals surface area contributed by atoms with Crippen molar-refractivity contribution in [2.75, 3.05) is 32.5 Å². The van der Waals surface area contributed by atoms with E-state index < -0.39 is 0 Å². The van der Waals surface area contributed by atoms with Crippen LogP contribution in [0.1, 0.15) is 24.2 Å². The van der Waals surface area contributed by atoms with Gasteiger partial charge in [-0.05, 0) is 38.1 Å². The lowest BCUT2D eigenvalue weighted by molar-refractivity contribution is -0.129. The topological polar surface area (TPSA) is 84.7 Å². The molecule has 21 heavy (non-hydrogen) atoms. The van der Waals surface area contributed by atoms with Crippen LogP contribution < -0.4 is 11.1 Å². The minimum absolute atomic E-state index is 0.0403. The highest BCUT2D eigenvalue weighted by atomic mass is 16.5. The van der Waals surface area contributed by atoms with Crippen LogP contribution in [0.25, 0.3) is 0 Å². The summed E-state index contributed by atoms with van der Waals surface area (Å²) in [5.41, 5.74) is 6.62. The van der Waals surface area contributed by atoms with Crippen molar-refractivity contribution in [2.24, 2.45) is 0 Å². The monoisotopic (exact) mass is 293 g/mol. The summed E-state index contributed by atoms with van der Waals surface area (Å²) in [5.74, 6) is -0.457. The van der Waals surface area contributed by atoms with E-state index >= 15 is 0 Å². The van der Waals surface area contributed by atoms with E-state index in [9.17, 15) is 9.59 Å². The molecule has 2 amide bonds. The zero-order valence-corrected chi connectivity index (χ0v) is 12.8. The smallest absolute Gasteiger partial charge is 0.251 e. The number of nitrogens with one attached hydrogen (secondary N) is 1. The maximum absolute atomic E-state index is 11.8. The summed E-state index contributed by atoms with van der Waals surface area (Å²) in [6.07, 6.45) is 0.138. The Morgan fingerprint density at radius 2 is 1.90 bits per heavy atom. The second-order valence-corrected chi connectivity index (χ2v) is 5.04. The molecule has 0 saturated carbocycles. The fraction of sp³-hybridized carbons (Fsp3) is 0.467. The molecular weight excluding hydrogens is 270 g/mol. The third-order valence-electron chi connectivity index (χ3n) is 2.88. The van der Waals surface area contributed by atoms with E-state index in [2.05, 4.69) is 5.32 Å². The van der Waals surface area contributed by atoms with E-state index in [1.807, 2.05) is 13.8 Å². The van der Waals surface area contributed by atoms with Crippen LogP contribution in [-0.2, 0) is 9.53 Å². The maximum Gasteiger partial charge on any atom is 0.251 e. The molecule has 1 aromatic carbocycles. The fourth-order valence-corrected chi connectivity index (χ4v) is 1.58. The van der Waals surface area contributed by atoms with Crippen LogP contribution in [0.2, 0.25) is 0 Å². The molecule has 116 valence electrons. The van der Waals surface area contributed by atoms with Crippen LogP contribution in [-0.4, -0.2) is 49.6 Å². The first-order chi connectivity index (χ1) is 9.90. The molecule has 0 aliphatic heterocycles. The predicted molar refractivity (Wildman–Crippen MR) is 81.9 cm³/mol. The SMILES string of the molecule is CC(C)OCCN(C)C(=O)CNC(=O)c1ccc(N)cc1. The molecule has 3 N–H and O–H groups in total. The lowest BCUT2D eigenvalue weighted by atomic mass is 10.2. The molecule has 0 aromatic heterocycles. The van der Waals surface area contributed by atoms with E-state index in [-0.39, 0.29) is 24.5 Å². The summed E-state index contributed by atoms with van der Waals surface area (Å²) < 4.78 is 5.38. The Kier molecular flexibility index (Phi) is 6.68. The fourth-order valence-electron chi connectivity index (χ4n) is 1.58. The average Bonchev–Trinajstić information content (AvgIpc) is 2.44. The minimum atomic E-state index is -0.296. The number of carbonyl (C=O) groups excluding carboxylic acids is 2. The number of nitrogens with zero attached hydrogens (tertiary/aromatic N) is 1. The zero-order valence-electron chi connectivity index (χ0n) is 12.8. The third kappa shape index (κ3) is 6.27. The van der Waals surface area contributed by atoms with Crippen LogP contribution in [0, 0.1) is 0 Å². The number of anilines is 1. The molecule has 6 heteroatoms. The second-order valence-electron chi connectivity index (χ2n) is 5.04. The number of ether oxygens (including phenoxy) is 1. The highest BCUT2D eigenvalue weighted by Crippen LogP contribution is 2.04. The number of carbonyl (C=O) groups is 2. The number of rotatable bonds is 7. The van der Waals surface area contributed by atoms with Gasteiger partial charge in [0.05, 0.1) is 19.3 Å². The van der Waals surface area contributed by atoms with Crippen LogP contribution in [0.3, 0.4) is 0 Å². The first-order valence-corrected chi connectivity index (χ1v) is 6.89. The lowest BCUT2D eigenvalue weighted by Crippen LogP contribution is -2.39. The summed E-state index contributed by atoms with van der Waals surface area (Å²) in [6.45, 7) is 4.81. The van der Waals surface area contributed by atoms with Crippen molar-refractivity contribution in [3.63, 3.8) is 0 Å². The van der Waals surface area contributed by atoms with Crippen molar-refractivity contribution >= 4 is 17.5 Å². The first kappa shape index (κ1) is 17.0. The summed E-state index contributed by atoms with van der Waals surface area (Å²) in [4.78, 5) is 25.2. The van der Waals surface area contributed by atoms with Gasteiger partial charge in [0.2, 0.25) is 5.91 Å².